The lowest BCUT2D eigenvalue weighted by Crippen LogP contribution is -2.54. The maximum atomic E-state index is 13.1. The molecule has 13 nitrogen and oxygen atoms in total. The van der Waals surface area contributed by atoms with E-state index in [2.05, 4.69) is 10.6 Å². The first-order chi connectivity index (χ1) is 21.4. The number of ether oxygens (including phenoxy) is 4. The summed E-state index contributed by atoms with van der Waals surface area (Å²) in [6.07, 6.45) is 2.49. The Morgan fingerprint density at radius 3 is 2.27 bits per heavy atom. The fourth-order valence-corrected chi connectivity index (χ4v) is 4.86. The average Bonchev–Trinajstić information content (AvgIpc) is 3.26. The molecule has 2 heterocycles. The molecular weight excluding hydrogens is 572 g/mol. The minimum Gasteiger partial charge on any atom is -0.489 e. The Morgan fingerprint density at radius 1 is 0.841 bits per heavy atom. The first-order valence-corrected chi connectivity index (χ1v) is 14.7. The molecule has 0 aliphatic carbocycles. The first kappa shape index (κ1) is 32.6. The van der Waals surface area contributed by atoms with Crippen LogP contribution in [0.1, 0.15) is 59.2 Å². The van der Waals surface area contributed by atoms with Crippen LogP contribution in [0.4, 0.5) is 11.4 Å². The number of carbonyl (C=O) groups is 5. The van der Waals surface area contributed by atoms with Gasteiger partial charge in [0.1, 0.15) is 18.4 Å². The zero-order valence-corrected chi connectivity index (χ0v) is 24.5. The van der Waals surface area contributed by atoms with E-state index in [-0.39, 0.29) is 42.0 Å². The maximum absolute atomic E-state index is 13.1. The Labute approximate surface area is 255 Å². The van der Waals surface area contributed by atoms with Crippen LogP contribution in [0.2, 0.25) is 0 Å². The molecule has 1 fully saturated rings. The Morgan fingerprint density at radius 2 is 1.55 bits per heavy atom. The van der Waals surface area contributed by atoms with Crippen LogP contribution in [-0.2, 0) is 28.6 Å². The van der Waals surface area contributed by atoms with E-state index in [0.717, 1.165) is 17.7 Å². The summed E-state index contributed by atoms with van der Waals surface area (Å²) in [5.74, 6) is -2.06. The van der Waals surface area contributed by atoms with Gasteiger partial charge in [-0.25, -0.2) is 0 Å². The summed E-state index contributed by atoms with van der Waals surface area (Å²) in [6.45, 7) is 3.18. The van der Waals surface area contributed by atoms with Gasteiger partial charge >= 0.3 is 0 Å². The molecule has 236 valence electrons. The zero-order chi connectivity index (χ0) is 31.3. The van der Waals surface area contributed by atoms with Crippen LogP contribution in [0, 0.1) is 0 Å². The number of para-hydroxylation sites is 2. The van der Waals surface area contributed by atoms with E-state index >= 15 is 0 Å². The van der Waals surface area contributed by atoms with Crippen LogP contribution in [0.15, 0.2) is 42.5 Å². The number of nitrogens with zero attached hydrogens (tertiary/aromatic N) is 1. The van der Waals surface area contributed by atoms with Gasteiger partial charge in [0.05, 0.1) is 55.5 Å². The van der Waals surface area contributed by atoms with Crippen LogP contribution in [0.25, 0.3) is 0 Å². The van der Waals surface area contributed by atoms with Crippen molar-refractivity contribution in [3.63, 3.8) is 0 Å². The highest BCUT2D eigenvalue weighted by atomic mass is 16.6. The molecule has 44 heavy (non-hydrogen) atoms. The summed E-state index contributed by atoms with van der Waals surface area (Å²) in [4.78, 5) is 63.3. The van der Waals surface area contributed by atoms with Gasteiger partial charge in [-0.3, -0.25) is 34.2 Å². The first-order valence-electron chi connectivity index (χ1n) is 14.7. The number of amides is 5. The van der Waals surface area contributed by atoms with Crippen LogP contribution in [-0.4, -0.2) is 86.7 Å². The second-order valence-corrected chi connectivity index (χ2v) is 10.3. The summed E-state index contributed by atoms with van der Waals surface area (Å²) in [6, 6.07) is 10.8. The number of hydrogen-bond donors (Lipinski definition) is 3. The molecule has 2 aliphatic heterocycles. The lowest BCUT2D eigenvalue weighted by molar-refractivity contribution is -0.136. The third-order valence-corrected chi connectivity index (χ3v) is 7.08. The maximum Gasteiger partial charge on any atom is 0.264 e. The number of fused-ring (bicyclic) bond motifs is 1. The minimum absolute atomic E-state index is 0.0331. The number of nitrogens with two attached hydrogens (primary N) is 1. The molecule has 0 spiro atoms. The third-order valence-electron chi connectivity index (χ3n) is 7.08. The quantitative estimate of drug-likeness (QED) is 0.129. The van der Waals surface area contributed by atoms with Crippen molar-refractivity contribution >= 4 is 40.9 Å². The van der Waals surface area contributed by atoms with E-state index in [1.165, 1.54) is 6.07 Å². The Hall–Kier alpha value is -4.33. The van der Waals surface area contributed by atoms with E-state index in [0.29, 0.717) is 64.1 Å². The molecule has 0 aromatic heterocycles. The summed E-state index contributed by atoms with van der Waals surface area (Å²) in [5, 5.41) is 4.89. The molecule has 2 aliphatic rings. The normalized spacial score (nSPS) is 16.2. The van der Waals surface area contributed by atoms with Crippen molar-refractivity contribution in [2.24, 2.45) is 0 Å². The van der Waals surface area contributed by atoms with Crippen molar-refractivity contribution in [1.82, 2.24) is 10.2 Å². The van der Waals surface area contributed by atoms with Crippen LogP contribution in [0.3, 0.4) is 0 Å². The fourth-order valence-electron chi connectivity index (χ4n) is 4.86. The van der Waals surface area contributed by atoms with E-state index in [4.69, 9.17) is 24.7 Å². The van der Waals surface area contributed by atoms with E-state index in [1.807, 2.05) is 18.2 Å². The van der Waals surface area contributed by atoms with Crippen molar-refractivity contribution in [2.45, 2.75) is 44.6 Å². The Bertz CT molecular complexity index is 1350. The number of nitrogens with one attached hydrogen (secondary N) is 2. The van der Waals surface area contributed by atoms with Gasteiger partial charge in [-0.15, -0.1) is 0 Å². The molecule has 13 heteroatoms. The molecule has 0 bridgehead atoms. The van der Waals surface area contributed by atoms with Crippen molar-refractivity contribution < 1.29 is 42.9 Å². The number of rotatable bonds is 18. The van der Waals surface area contributed by atoms with E-state index < -0.39 is 29.7 Å². The second-order valence-electron chi connectivity index (χ2n) is 10.3. The smallest absolute Gasteiger partial charge is 0.264 e. The Kier molecular flexibility index (Phi) is 12.2. The monoisotopic (exact) mass is 610 g/mol. The topological polar surface area (TPSA) is 176 Å². The molecule has 2 aromatic rings. The number of piperidine rings is 1. The predicted molar refractivity (Wildman–Crippen MR) is 159 cm³/mol. The number of anilines is 2. The number of carbonyl (C=O) groups excluding carboxylic acids is 5. The summed E-state index contributed by atoms with van der Waals surface area (Å²) in [7, 11) is 0. The third kappa shape index (κ3) is 8.85. The van der Waals surface area contributed by atoms with Crippen molar-refractivity contribution in [1.29, 1.82) is 0 Å². The fraction of sp³-hybridized carbons (Fsp3) is 0.452. The van der Waals surface area contributed by atoms with Gasteiger partial charge in [0.15, 0.2) is 0 Å². The number of benzene rings is 2. The molecule has 4 N–H and O–H groups in total. The molecule has 1 unspecified atom stereocenters. The number of unbranched alkanes of at least 4 members (excludes halogenated alkanes) is 2. The minimum atomic E-state index is -1.07. The van der Waals surface area contributed by atoms with Gasteiger partial charge in [-0.1, -0.05) is 24.6 Å². The van der Waals surface area contributed by atoms with Gasteiger partial charge in [0, 0.05) is 19.4 Å². The highest BCUT2D eigenvalue weighted by Crippen LogP contribution is 2.32. The van der Waals surface area contributed by atoms with Crippen LogP contribution in [0.5, 0.6) is 5.75 Å². The average molecular weight is 611 g/mol. The second kappa shape index (κ2) is 16.5. The lowest BCUT2D eigenvalue weighted by atomic mass is 10.0. The summed E-state index contributed by atoms with van der Waals surface area (Å²) >= 11 is 0. The number of imide groups is 2. The number of nitrogen functional groups attached to an aromatic ring is 1. The largest absolute Gasteiger partial charge is 0.489 e. The van der Waals surface area contributed by atoms with E-state index in [1.54, 1.807) is 18.2 Å². The van der Waals surface area contributed by atoms with Gasteiger partial charge < -0.3 is 30.0 Å². The molecule has 5 amide bonds. The van der Waals surface area contributed by atoms with Crippen molar-refractivity contribution in [3.8, 4) is 5.75 Å². The highest BCUT2D eigenvalue weighted by molar-refractivity contribution is 6.26. The molecule has 0 saturated carbocycles. The zero-order valence-electron chi connectivity index (χ0n) is 24.5. The number of hydrogen-bond acceptors (Lipinski definition) is 10. The van der Waals surface area contributed by atoms with Crippen LogP contribution >= 0.6 is 0 Å². The van der Waals surface area contributed by atoms with Gasteiger partial charge in [0.25, 0.3) is 11.8 Å². The molecule has 1 atom stereocenters. The summed E-state index contributed by atoms with van der Waals surface area (Å²) < 4.78 is 22.1. The highest BCUT2D eigenvalue weighted by Gasteiger charge is 2.45. The van der Waals surface area contributed by atoms with Crippen molar-refractivity contribution in [3.05, 3.63) is 53.6 Å². The standard InChI is InChI=1S/C31H38N4O9/c32-22-8-3-4-10-25(22)44-20-19-43-18-17-42-16-15-41-14-5-1-2-11-26(36)33-23-9-6-7-21-28(23)31(40)35(30(21)39)24-12-13-27(37)34-29(24)38/h3-4,6-10,24H,1-2,5,11-20,32H2,(H,33,36)(H,34,37,38). The van der Waals surface area contributed by atoms with Crippen LogP contribution < -0.4 is 21.1 Å². The molecule has 4 rings (SSSR count). The molecular formula is C31H38N4O9. The van der Waals surface area contributed by atoms with Gasteiger partial charge in [-0.2, -0.15) is 0 Å². The molecule has 1 saturated heterocycles. The molecule has 2 aromatic carbocycles. The van der Waals surface area contributed by atoms with Gasteiger partial charge in [-0.05, 0) is 43.5 Å². The lowest BCUT2D eigenvalue weighted by Gasteiger charge is -2.27. The van der Waals surface area contributed by atoms with Crippen molar-refractivity contribution in [2.75, 3.05) is 57.3 Å². The van der Waals surface area contributed by atoms with E-state index in [9.17, 15) is 24.0 Å². The summed E-state index contributed by atoms with van der Waals surface area (Å²) in [5.41, 5.74) is 6.80. The Balaban J connectivity index is 1.03. The molecule has 0 radical (unpaired) electrons. The van der Waals surface area contributed by atoms with Gasteiger partial charge in [0.2, 0.25) is 17.7 Å². The SMILES string of the molecule is Nc1ccccc1OCCOCCOCCOCCCCCC(=O)Nc1cccc2c1C(=O)N(C1CCC(=O)NC1=O)C2=O. The predicted octanol–water partition coefficient (Wildman–Crippen LogP) is 2.30.